The van der Waals surface area contributed by atoms with E-state index in [9.17, 15) is 19.2 Å². The largest absolute Gasteiger partial charge is 0.446 e. The maximum Gasteiger partial charge on any atom is 0.446 e. The van der Waals surface area contributed by atoms with Gasteiger partial charge in [-0.3, -0.25) is 14.4 Å². The number of nitrogens with one attached hydrogen (secondary N) is 3. The summed E-state index contributed by atoms with van der Waals surface area (Å²) < 4.78 is 10.7. The lowest BCUT2D eigenvalue weighted by molar-refractivity contribution is -0.875. The molecule has 11 heteroatoms. The Kier molecular flexibility index (Phi) is 8.40. The van der Waals surface area contributed by atoms with Gasteiger partial charge in [0.25, 0.3) is 5.91 Å². The van der Waals surface area contributed by atoms with E-state index in [4.69, 9.17) is 21.1 Å². The summed E-state index contributed by atoms with van der Waals surface area (Å²) in [7, 11) is 0. The summed E-state index contributed by atoms with van der Waals surface area (Å²) in [6, 6.07) is 4.12. The number of esters is 1. The summed E-state index contributed by atoms with van der Waals surface area (Å²) >= 11 is 6.39. The van der Waals surface area contributed by atoms with Crippen molar-refractivity contribution < 1.29 is 33.2 Å². The number of likely N-dealkylation sites (tertiary alicyclic amines) is 1. The Bertz CT molecular complexity index is 1060. The van der Waals surface area contributed by atoms with Crippen molar-refractivity contribution >= 4 is 41.1 Å². The van der Waals surface area contributed by atoms with Crippen LogP contribution >= 0.6 is 11.6 Å². The van der Waals surface area contributed by atoms with Crippen LogP contribution < -0.4 is 16.1 Å². The normalized spacial score (nSPS) is 28.0. The molecule has 4 amide bonds. The number of halogens is 1. The van der Waals surface area contributed by atoms with Gasteiger partial charge < -0.3 is 14.8 Å². The Balaban J connectivity index is 1.58. The molecule has 2 aliphatic heterocycles. The van der Waals surface area contributed by atoms with E-state index in [-0.39, 0.29) is 46.5 Å². The highest BCUT2D eigenvalue weighted by Gasteiger charge is 2.53. The van der Waals surface area contributed by atoms with E-state index >= 15 is 0 Å². The molecule has 202 valence electrons. The molecule has 1 aliphatic carbocycles. The number of cyclic esters (lactones) is 1. The number of ether oxygens (including phenoxy) is 2. The molecule has 37 heavy (non-hydrogen) atoms. The third kappa shape index (κ3) is 6.25. The van der Waals surface area contributed by atoms with Crippen molar-refractivity contribution in [3.05, 3.63) is 28.8 Å². The maximum atomic E-state index is 13.9. The molecule has 4 rings (SSSR count). The second kappa shape index (κ2) is 11.4. The summed E-state index contributed by atoms with van der Waals surface area (Å²) in [5, 5.41) is 5.59. The molecule has 3 N–H and O–H groups in total. The fraction of sp³-hybridized carbons (Fsp3) is 0.615. The number of hydrogen-bond donors (Lipinski definition) is 3. The molecule has 3 fully saturated rings. The van der Waals surface area contributed by atoms with Gasteiger partial charge in [-0.25, -0.2) is 10.1 Å². The molecule has 10 nitrogen and oxygen atoms in total. The quantitative estimate of drug-likeness (QED) is 0.286. The minimum Gasteiger partial charge on any atom is -0.413 e. The average Bonchev–Trinajstić information content (AvgIpc) is 3.44. The van der Waals surface area contributed by atoms with Crippen molar-refractivity contribution in [3.63, 3.8) is 0 Å². The number of anilines is 1. The molecule has 3 aliphatic rings. The molecule has 2 saturated heterocycles. The smallest absolute Gasteiger partial charge is 0.413 e. The van der Waals surface area contributed by atoms with Gasteiger partial charge in [0.2, 0.25) is 5.91 Å². The van der Waals surface area contributed by atoms with Crippen LogP contribution in [0.2, 0.25) is 5.02 Å². The van der Waals surface area contributed by atoms with Gasteiger partial charge >= 0.3 is 17.9 Å². The lowest BCUT2D eigenvalue weighted by Gasteiger charge is -2.35. The molecule has 0 radical (unpaired) electrons. The summed E-state index contributed by atoms with van der Waals surface area (Å²) in [6.07, 6.45) is 6.95. The van der Waals surface area contributed by atoms with Gasteiger partial charge in [-0.15, -0.1) is 4.59 Å². The summed E-state index contributed by atoms with van der Waals surface area (Å²) in [5.41, 5.74) is 3.60. The molecule has 1 saturated carbocycles. The third-order valence-electron chi connectivity index (χ3n) is 7.59. The Morgan fingerprint density at radius 1 is 1.16 bits per heavy atom. The van der Waals surface area contributed by atoms with Gasteiger partial charge in [0, 0.05) is 31.4 Å². The highest BCUT2D eigenvalue weighted by atomic mass is 35.5. The monoisotopic (exact) mass is 535 g/mol. The molecular formula is C26H36ClN4O6+. The molecule has 1 aromatic rings. The third-order valence-corrected chi connectivity index (χ3v) is 7.91. The Morgan fingerprint density at radius 2 is 1.92 bits per heavy atom. The number of amides is 4. The molecule has 3 atom stereocenters. The molecule has 1 unspecified atom stereocenters. The van der Waals surface area contributed by atoms with Crippen molar-refractivity contribution in [1.82, 2.24) is 10.7 Å². The van der Waals surface area contributed by atoms with E-state index in [1.165, 1.54) is 38.3 Å². The van der Waals surface area contributed by atoms with Crippen molar-refractivity contribution in [3.8, 4) is 0 Å². The van der Waals surface area contributed by atoms with Crippen LogP contribution in [-0.4, -0.2) is 54.0 Å². The molecule has 1 aromatic carbocycles. The number of carbonyl (C=O) groups excluding carboxylic acids is 4. The minimum atomic E-state index is -1.54. The predicted molar refractivity (Wildman–Crippen MR) is 136 cm³/mol. The van der Waals surface area contributed by atoms with Crippen molar-refractivity contribution in [2.24, 2.45) is 11.8 Å². The van der Waals surface area contributed by atoms with Crippen LogP contribution in [0.5, 0.6) is 0 Å². The molecule has 0 bridgehead atoms. The van der Waals surface area contributed by atoms with E-state index in [2.05, 4.69) is 16.1 Å². The van der Waals surface area contributed by atoms with Crippen LogP contribution in [0, 0.1) is 11.8 Å². The van der Waals surface area contributed by atoms with Crippen LogP contribution in [0.25, 0.3) is 0 Å². The summed E-state index contributed by atoms with van der Waals surface area (Å²) in [5.74, 6) is -1.97. The lowest BCUT2D eigenvalue weighted by Crippen LogP contribution is -2.69. The number of hydrogen-bond acceptors (Lipinski definition) is 6. The number of urea groups is 1. The highest BCUT2D eigenvalue weighted by Crippen LogP contribution is 2.38. The van der Waals surface area contributed by atoms with Gasteiger partial charge in [-0.1, -0.05) is 30.9 Å². The van der Waals surface area contributed by atoms with E-state index < -0.39 is 23.8 Å². The van der Waals surface area contributed by atoms with E-state index in [0.717, 1.165) is 19.3 Å². The summed E-state index contributed by atoms with van der Waals surface area (Å²) in [6.45, 7) is 4.21. The van der Waals surface area contributed by atoms with E-state index in [1.807, 2.05) is 0 Å². The van der Waals surface area contributed by atoms with Crippen LogP contribution in [-0.2, 0) is 19.1 Å². The second-order valence-corrected chi connectivity index (χ2v) is 10.6. The van der Waals surface area contributed by atoms with Crippen molar-refractivity contribution in [2.45, 2.75) is 71.1 Å². The lowest BCUT2D eigenvalue weighted by atomic mass is 9.79. The maximum absolute atomic E-state index is 13.9. The summed E-state index contributed by atoms with van der Waals surface area (Å²) in [4.78, 5) is 50.6. The minimum absolute atomic E-state index is 0.133. The molecule has 0 aromatic heterocycles. The van der Waals surface area contributed by atoms with Crippen LogP contribution in [0.3, 0.4) is 0 Å². The van der Waals surface area contributed by atoms with E-state index in [1.54, 1.807) is 13.0 Å². The first kappa shape index (κ1) is 27.3. The van der Waals surface area contributed by atoms with Gasteiger partial charge in [0.15, 0.2) is 0 Å². The predicted octanol–water partition coefficient (Wildman–Crippen LogP) is 4.10. The molecular weight excluding hydrogens is 500 g/mol. The van der Waals surface area contributed by atoms with Crippen molar-refractivity contribution in [2.75, 3.05) is 25.0 Å². The van der Waals surface area contributed by atoms with E-state index in [0.29, 0.717) is 24.7 Å². The zero-order chi connectivity index (χ0) is 26.6. The SMILES string of the molecule is CCO[C@]1(NC(=O)[N+]2(NC(=O)c3ccc(NC(C)=O)cc3Cl)CC[C@@H](C3CCCCC3)C2)CCC(=O)O1. The number of benzene rings is 1. The average molecular weight is 536 g/mol. The molecule has 0 spiro atoms. The number of nitrogens with zero attached hydrogens (tertiary/aromatic N) is 1. The standard InChI is InChI=1S/C26H35ClN4O6/c1-3-36-26(13-11-23(33)37-26)29-25(35)31(14-12-19(16-31)18-7-5-4-6-8-18)30-24(34)21-10-9-20(15-22(21)27)28-17(2)32/h9-10,15,18-19H,3-8,11-14,16H2,1-2H3,(H2-,28,29,30,32,34,35)/p+1/t19-,26-,31?/m1/s1. The Hall–Kier alpha value is -2.69. The topological polar surface area (TPSA) is 123 Å². The fourth-order valence-corrected chi connectivity index (χ4v) is 6.08. The zero-order valence-corrected chi connectivity index (χ0v) is 22.2. The first-order valence-corrected chi connectivity index (χ1v) is 13.5. The Morgan fingerprint density at radius 3 is 2.54 bits per heavy atom. The van der Waals surface area contributed by atoms with Crippen LogP contribution in [0.15, 0.2) is 18.2 Å². The zero-order valence-electron chi connectivity index (χ0n) is 21.4. The Labute approximate surface area is 221 Å². The fourth-order valence-electron chi connectivity index (χ4n) is 5.81. The first-order valence-electron chi connectivity index (χ1n) is 13.1. The van der Waals surface area contributed by atoms with Gasteiger partial charge in [-0.05, 0) is 43.9 Å². The first-order chi connectivity index (χ1) is 17.7. The van der Waals surface area contributed by atoms with Gasteiger partial charge in [-0.2, -0.15) is 5.43 Å². The van der Waals surface area contributed by atoms with Gasteiger partial charge in [0.1, 0.15) is 13.1 Å². The van der Waals surface area contributed by atoms with Crippen LogP contribution in [0.4, 0.5) is 10.5 Å². The van der Waals surface area contributed by atoms with Crippen LogP contribution in [0.1, 0.15) is 75.6 Å². The number of quaternary nitrogens is 1. The second-order valence-electron chi connectivity index (χ2n) is 10.2. The van der Waals surface area contributed by atoms with Crippen molar-refractivity contribution in [1.29, 1.82) is 0 Å². The number of carbonyl (C=O) groups is 4. The number of rotatable bonds is 6. The highest BCUT2D eigenvalue weighted by molar-refractivity contribution is 6.34. The molecule has 2 heterocycles. The van der Waals surface area contributed by atoms with Gasteiger partial charge in [0.05, 0.1) is 23.6 Å².